The standard InChI is InChI=1S/C14H28N2OS.ClH/c1-3-4-11-5-7-12(8-6-11)16-14(17)13(15)9-10-18-2;/h11-13H,3-10,15H2,1-2H3,(H,16,17);1H/t11?,12?,13-;/m0./s1. The number of rotatable bonds is 7. The van der Waals surface area contributed by atoms with Gasteiger partial charge in [0.2, 0.25) is 5.91 Å². The lowest BCUT2D eigenvalue weighted by atomic mass is 9.83. The highest BCUT2D eigenvalue weighted by atomic mass is 35.5. The van der Waals surface area contributed by atoms with Crippen LogP contribution in [-0.2, 0) is 4.79 Å². The molecule has 0 spiro atoms. The lowest BCUT2D eigenvalue weighted by molar-refractivity contribution is -0.123. The SMILES string of the molecule is CCCC1CCC(NC(=O)[C@@H](N)CCSC)CC1.Cl. The molecule has 0 unspecified atom stereocenters. The molecule has 0 aromatic carbocycles. The number of halogens is 1. The first kappa shape index (κ1) is 19.1. The van der Waals surface area contributed by atoms with Gasteiger partial charge in [-0.05, 0) is 50.0 Å². The van der Waals surface area contributed by atoms with Crippen molar-refractivity contribution in [3.63, 3.8) is 0 Å². The minimum Gasteiger partial charge on any atom is -0.352 e. The van der Waals surface area contributed by atoms with E-state index in [1.54, 1.807) is 11.8 Å². The molecule has 1 aliphatic carbocycles. The molecule has 0 heterocycles. The molecule has 0 aromatic heterocycles. The fourth-order valence-electron chi connectivity index (χ4n) is 2.69. The maximum Gasteiger partial charge on any atom is 0.237 e. The summed E-state index contributed by atoms with van der Waals surface area (Å²) in [6.45, 7) is 2.25. The number of nitrogens with two attached hydrogens (primary N) is 1. The van der Waals surface area contributed by atoms with Crippen molar-refractivity contribution in [2.45, 2.75) is 64.0 Å². The van der Waals surface area contributed by atoms with Gasteiger partial charge in [-0.1, -0.05) is 19.8 Å². The summed E-state index contributed by atoms with van der Waals surface area (Å²) in [5.74, 6) is 1.88. The molecule has 5 heteroatoms. The van der Waals surface area contributed by atoms with Gasteiger partial charge in [0.1, 0.15) is 0 Å². The molecule has 3 nitrogen and oxygen atoms in total. The number of carbonyl (C=O) groups is 1. The number of amides is 1. The van der Waals surface area contributed by atoms with Gasteiger partial charge in [-0.3, -0.25) is 4.79 Å². The average Bonchev–Trinajstić information content (AvgIpc) is 2.38. The van der Waals surface area contributed by atoms with E-state index in [0.717, 1.165) is 30.9 Å². The monoisotopic (exact) mass is 308 g/mol. The van der Waals surface area contributed by atoms with Gasteiger partial charge in [-0.2, -0.15) is 11.8 Å². The summed E-state index contributed by atoms with van der Waals surface area (Å²) >= 11 is 1.74. The molecular formula is C14H29ClN2OS. The fourth-order valence-corrected chi connectivity index (χ4v) is 3.18. The molecule has 3 N–H and O–H groups in total. The van der Waals surface area contributed by atoms with Crippen LogP contribution in [0.25, 0.3) is 0 Å². The largest absolute Gasteiger partial charge is 0.352 e. The van der Waals surface area contributed by atoms with Crippen molar-refractivity contribution in [1.82, 2.24) is 5.32 Å². The van der Waals surface area contributed by atoms with Crippen molar-refractivity contribution >= 4 is 30.1 Å². The van der Waals surface area contributed by atoms with Gasteiger partial charge in [-0.25, -0.2) is 0 Å². The van der Waals surface area contributed by atoms with Crippen LogP contribution < -0.4 is 11.1 Å². The second kappa shape index (κ2) is 10.8. The molecule has 114 valence electrons. The smallest absolute Gasteiger partial charge is 0.237 e. The first-order valence-corrected chi connectivity index (χ1v) is 8.61. The summed E-state index contributed by atoms with van der Waals surface area (Å²) in [4.78, 5) is 11.9. The molecule has 0 bridgehead atoms. The van der Waals surface area contributed by atoms with E-state index in [4.69, 9.17) is 5.73 Å². The topological polar surface area (TPSA) is 55.1 Å². The Labute approximate surface area is 128 Å². The zero-order valence-corrected chi connectivity index (χ0v) is 13.8. The van der Waals surface area contributed by atoms with Gasteiger partial charge >= 0.3 is 0 Å². The van der Waals surface area contributed by atoms with E-state index in [2.05, 4.69) is 12.2 Å². The minimum absolute atomic E-state index is 0. The molecule has 1 amide bonds. The fraction of sp³-hybridized carbons (Fsp3) is 0.929. The summed E-state index contributed by atoms with van der Waals surface area (Å²) in [5.41, 5.74) is 5.87. The van der Waals surface area contributed by atoms with E-state index in [1.165, 1.54) is 25.7 Å². The van der Waals surface area contributed by atoms with Crippen LogP contribution in [0.4, 0.5) is 0 Å². The molecule has 1 atom stereocenters. The molecule has 0 aromatic rings. The van der Waals surface area contributed by atoms with Crippen molar-refractivity contribution in [2.75, 3.05) is 12.0 Å². The summed E-state index contributed by atoms with van der Waals surface area (Å²) < 4.78 is 0. The second-order valence-electron chi connectivity index (χ2n) is 5.40. The Balaban J connectivity index is 0.00000324. The lowest BCUT2D eigenvalue weighted by Crippen LogP contribution is -2.46. The van der Waals surface area contributed by atoms with Crippen LogP contribution in [0.1, 0.15) is 51.9 Å². The molecule has 0 radical (unpaired) electrons. The van der Waals surface area contributed by atoms with Gasteiger partial charge < -0.3 is 11.1 Å². The number of hydrogen-bond acceptors (Lipinski definition) is 3. The third-order valence-electron chi connectivity index (χ3n) is 3.86. The number of nitrogens with one attached hydrogen (secondary N) is 1. The van der Waals surface area contributed by atoms with Gasteiger partial charge in [0.15, 0.2) is 0 Å². The Kier molecular flexibility index (Phi) is 10.8. The lowest BCUT2D eigenvalue weighted by Gasteiger charge is -2.29. The first-order chi connectivity index (χ1) is 8.67. The van der Waals surface area contributed by atoms with E-state index < -0.39 is 0 Å². The van der Waals surface area contributed by atoms with Gasteiger partial charge in [-0.15, -0.1) is 12.4 Å². The number of carbonyl (C=O) groups excluding carboxylic acids is 1. The van der Waals surface area contributed by atoms with E-state index in [-0.39, 0.29) is 24.4 Å². The summed E-state index contributed by atoms with van der Waals surface area (Å²) in [7, 11) is 0. The predicted molar refractivity (Wildman–Crippen MR) is 87.0 cm³/mol. The van der Waals surface area contributed by atoms with Gasteiger partial charge in [0.05, 0.1) is 6.04 Å². The second-order valence-corrected chi connectivity index (χ2v) is 6.39. The van der Waals surface area contributed by atoms with Crippen molar-refractivity contribution < 1.29 is 4.79 Å². The normalized spacial score (nSPS) is 24.4. The van der Waals surface area contributed by atoms with Crippen molar-refractivity contribution in [3.8, 4) is 0 Å². The Hall–Kier alpha value is 0.0700. The molecule has 1 saturated carbocycles. The quantitative estimate of drug-likeness (QED) is 0.760. The average molecular weight is 309 g/mol. The Bertz CT molecular complexity index is 246. The highest BCUT2D eigenvalue weighted by Gasteiger charge is 2.23. The minimum atomic E-state index is -0.328. The van der Waals surface area contributed by atoms with Crippen LogP contribution in [0.3, 0.4) is 0 Å². The van der Waals surface area contributed by atoms with Crippen molar-refractivity contribution in [2.24, 2.45) is 11.7 Å². The zero-order valence-electron chi connectivity index (χ0n) is 12.2. The molecule has 0 saturated heterocycles. The van der Waals surface area contributed by atoms with Crippen molar-refractivity contribution in [3.05, 3.63) is 0 Å². The van der Waals surface area contributed by atoms with Crippen molar-refractivity contribution in [1.29, 1.82) is 0 Å². The van der Waals surface area contributed by atoms with E-state index in [0.29, 0.717) is 6.04 Å². The maximum absolute atomic E-state index is 11.9. The molecule has 1 rings (SSSR count). The Morgan fingerprint density at radius 1 is 1.37 bits per heavy atom. The molecular weight excluding hydrogens is 280 g/mol. The Morgan fingerprint density at radius 2 is 2.00 bits per heavy atom. The number of hydrogen-bond donors (Lipinski definition) is 2. The highest BCUT2D eigenvalue weighted by molar-refractivity contribution is 7.98. The van der Waals surface area contributed by atoms with Crippen LogP contribution in [0.15, 0.2) is 0 Å². The summed E-state index contributed by atoms with van der Waals surface area (Å²) in [5, 5.41) is 3.12. The molecule has 1 fully saturated rings. The van der Waals surface area contributed by atoms with Crippen LogP contribution in [0.2, 0.25) is 0 Å². The van der Waals surface area contributed by atoms with E-state index in [1.807, 2.05) is 6.26 Å². The summed E-state index contributed by atoms with van der Waals surface area (Å²) in [6.07, 6.45) is 10.2. The van der Waals surface area contributed by atoms with Gasteiger partial charge in [0, 0.05) is 6.04 Å². The highest BCUT2D eigenvalue weighted by Crippen LogP contribution is 2.27. The number of thioether (sulfide) groups is 1. The van der Waals surface area contributed by atoms with Crippen LogP contribution in [-0.4, -0.2) is 30.0 Å². The Morgan fingerprint density at radius 3 is 2.53 bits per heavy atom. The van der Waals surface area contributed by atoms with Crippen LogP contribution in [0, 0.1) is 5.92 Å². The van der Waals surface area contributed by atoms with Crippen LogP contribution >= 0.6 is 24.2 Å². The maximum atomic E-state index is 11.9. The predicted octanol–water partition coefficient (Wildman–Crippen LogP) is 2.96. The molecule has 0 aliphatic heterocycles. The first-order valence-electron chi connectivity index (χ1n) is 7.22. The molecule has 1 aliphatic rings. The van der Waals surface area contributed by atoms with Crippen LogP contribution in [0.5, 0.6) is 0 Å². The summed E-state index contributed by atoms with van der Waals surface area (Å²) in [6, 6.07) is 0.0387. The van der Waals surface area contributed by atoms with Gasteiger partial charge in [0.25, 0.3) is 0 Å². The third kappa shape index (κ3) is 7.42. The van der Waals surface area contributed by atoms with E-state index in [9.17, 15) is 4.79 Å². The zero-order chi connectivity index (χ0) is 13.4. The molecule has 19 heavy (non-hydrogen) atoms. The van der Waals surface area contributed by atoms with E-state index >= 15 is 0 Å². The third-order valence-corrected chi connectivity index (χ3v) is 4.50.